The van der Waals surface area contributed by atoms with Gasteiger partial charge in [-0.1, -0.05) is 30.3 Å². The SMILES string of the molecule is COc1ccc(C2(CNC(=O)C=Cc3csc(N(C(C)=O)c4ccccc4)n3)CCOCC2)cc1. The average Bonchev–Trinajstić information content (AvgIpc) is 3.35. The second-order valence-corrected chi connectivity index (χ2v) is 9.25. The van der Waals surface area contributed by atoms with Crippen molar-refractivity contribution in [3.63, 3.8) is 0 Å². The molecule has 1 aliphatic heterocycles. The monoisotopic (exact) mass is 491 g/mol. The summed E-state index contributed by atoms with van der Waals surface area (Å²) in [4.78, 5) is 31.0. The van der Waals surface area contributed by atoms with Crippen LogP contribution < -0.4 is 15.0 Å². The minimum Gasteiger partial charge on any atom is -0.497 e. The molecule has 0 radical (unpaired) electrons. The molecular weight excluding hydrogens is 462 g/mol. The molecule has 1 aliphatic rings. The molecule has 2 amide bonds. The van der Waals surface area contributed by atoms with Crippen LogP contribution in [-0.2, 0) is 19.7 Å². The quantitative estimate of drug-likeness (QED) is 0.462. The first kappa shape index (κ1) is 24.6. The number of nitrogens with one attached hydrogen (secondary N) is 1. The van der Waals surface area contributed by atoms with Crippen molar-refractivity contribution in [2.75, 3.05) is 31.8 Å². The lowest BCUT2D eigenvalue weighted by molar-refractivity contribution is -0.117. The van der Waals surface area contributed by atoms with Crippen molar-refractivity contribution in [1.82, 2.24) is 10.3 Å². The second-order valence-electron chi connectivity index (χ2n) is 8.42. The maximum Gasteiger partial charge on any atom is 0.244 e. The molecule has 0 aliphatic carbocycles. The van der Waals surface area contributed by atoms with Gasteiger partial charge in [-0.15, -0.1) is 11.3 Å². The lowest BCUT2D eigenvalue weighted by atomic mass is 9.74. The molecule has 1 fully saturated rings. The number of rotatable bonds is 8. The lowest BCUT2D eigenvalue weighted by Gasteiger charge is -2.38. The van der Waals surface area contributed by atoms with Gasteiger partial charge in [0.1, 0.15) is 5.75 Å². The number of aromatic nitrogens is 1. The van der Waals surface area contributed by atoms with Crippen molar-refractivity contribution in [2.45, 2.75) is 25.2 Å². The molecule has 1 saturated heterocycles. The van der Waals surface area contributed by atoms with Crippen LogP contribution in [0.5, 0.6) is 5.75 Å². The Labute approximate surface area is 209 Å². The number of hydrogen-bond acceptors (Lipinski definition) is 6. The highest BCUT2D eigenvalue weighted by molar-refractivity contribution is 7.14. The van der Waals surface area contributed by atoms with E-state index >= 15 is 0 Å². The van der Waals surface area contributed by atoms with Crippen LogP contribution in [0.1, 0.15) is 31.0 Å². The van der Waals surface area contributed by atoms with Crippen molar-refractivity contribution < 1.29 is 19.1 Å². The third-order valence-corrected chi connectivity index (χ3v) is 7.03. The Morgan fingerprint density at radius 3 is 2.51 bits per heavy atom. The van der Waals surface area contributed by atoms with E-state index in [0.717, 1.165) is 24.3 Å². The molecule has 3 aromatic rings. The summed E-state index contributed by atoms with van der Waals surface area (Å²) in [7, 11) is 1.65. The largest absolute Gasteiger partial charge is 0.497 e. The van der Waals surface area contributed by atoms with Gasteiger partial charge in [0.15, 0.2) is 5.13 Å². The predicted octanol–water partition coefficient (Wildman–Crippen LogP) is 4.71. The van der Waals surface area contributed by atoms with E-state index < -0.39 is 0 Å². The summed E-state index contributed by atoms with van der Waals surface area (Å²) in [6.45, 7) is 3.34. The standard InChI is InChI=1S/C27H29N3O4S/c1-20(31)30(23-6-4-3-5-7-23)26-29-22(18-35-26)10-13-25(32)28-19-27(14-16-34-17-15-27)21-8-11-24(33-2)12-9-21/h3-13,18H,14-17,19H2,1-2H3,(H,28,32). The fraction of sp³-hybridized carbons (Fsp3) is 0.296. The van der Waals surface area contributed by atoms with Crippen molar-refractivity contribution in [1.29, 1.82) is 0 Å². The molecule has 0 saturated carbocycles. The van der Waals surface area contributed by atoms with E-state index in [1.165, 1.54) is 29.9 Å². The molecule has 1 aromatic heterocycles. The number of amides is 2. The van der Waals surface area contributed by atoms with E-state index in [-0.39, 0.29) is 17.2 Å². The summed E-state index contributed by atoms with van der Waals surface area (Å²) in [5.41, 5.74) is 2.36. The Morgan fingerprint density at radius 2 is 1.86 bits per heavy atom. The zero-order valence-corrected chi connectivity index (χ0v) is 20.7. The molecule has 2 aromatic carbocycles. The number of para-hydroxylation sites is 1. The summed E-state index contributed by atoms with van der Waals surface area (Å²) in [5, 5.41) is 5.45. The third-order valence-electron chi connectivity index (χ3n) is 6.19. The second kappa shape index (κ2) is 11.3. The molecule has 1 N–H and O–H groups in total. The molecule has 0 atom stereocenters. The van der Waals surface area contributed by atoms with Crippen LogP contribution in [0.15, 0.2) is 66.1 Å². The molecular formula is C27H29N3O4S. The van der Waals surface area contributed by atoms with E-state index in [9.17, 15) is 9.59 Å². The normalized spacial score (nSPS) is 15.0. The van der Waals surface area contributed by atoms with Gasteiger partial charge in [-0.05, 0) is 48.7 Å². The number of thiazole rings is 1. The summed E-state index contributed by atoms with van der Waals surface area (Å²) in [5.74, 6) is 0.491. The summed E-state index contributed by atoms with van der Waals surface area (Å²) in [6.07, 6.45) is 4.82. The smallest absolute Gasteiger partial charge is 0.244 e. The van der Waals surface area contributed by atoms with Gasteiger partial charge >= 0.3 is 0 Å². The van der Waals surface area contributed by atoms with Gasteiger partial charge in [0, 0.05) is 43.6 Å². The topological polar surface area (TPSA) is 80.8 Å². The molecule has 0 bridgehead atoms. The van der Waals surface area contributed by atoms with Gasteiger partial charge in [-0.3, -0.25) is 14.5 Å². The highest BCUT2D eigenvalue weighted by Gasteiger charge is 2.34. The summed E-state index contributed by atoms with van der Waals surface area (Å²) in [6, 6.07) is 17.4. The highest BCUT2D eigenvalue weighted by Crippen LogP contribution is 2.35. The number of methoxy groups -OCH3 is 1. The van der Waals surface area contributed by atoms with Crippen LogP contribution in [0, 0.1) is 0 Å². The Balaban J connectivity index is 1.42. The van der Waals surface area contributed by atoms with E-state index in [1.807, 2.05) is 47.8 Å². The van der Waals surface area contributed by atoms with Crippen LogP contribution in [0.2, 0.25) is 0 Å². The molecule has 2 heterocycles. The van der Waals surface area contributed by atoms with E-state index in [0.29, 0.717) is 30.6 Å². The maximum atomic E-state index is 12.7. The van der Waals surface area contributed by atoms with Crippen molar-refractivity contribution in [2.24, 2.45) is 0 Å². The van der Waals surface area contributed by atoms with Gasteiger partial charge in [0.2, 0.25) is 11.8 Å². The number of anilines is 2. The van der Waals surface area contributed by atoms with Crippen LogP contribution in [0.3, 0.4) is 0 Å². The third kappa shape index (κ3) is 5.96. The zero-order chi connectivity index (χ0) is 24.7. The first-order chi connectivity index (χ1) is 17.0. The minimum absolute atomic E-state index is 0.126. The average molecular weight is 492 g/mol. The number of ether oxygens (including phenoxy) is 2. The summed E-state index contributed by atoms with van der Waals surface area (Å²) >= 11 is 1.36. The molecule has 0 spiro atoms. The maximum absolute atomic E-state index is 12.7. The number of carbonyl (C=O) groups excluding carboxylic acids is 2. The molecule has 8 heteroatoms. The van der Waals surface area contributed by atoms with Gasteiger partial charge in [-0.25, -0.2) is 4.98 Å². The van der Waals surface area contributed by atoms with Crippen molar-refractivity contribution in [3.05, 3.63) is 77.3 Å². The van der Waals surface area contributed by atoms with Gasteiger partial charge < -0.3 is 14.8 Å². The Hall–Kier alpha value is -3.49. The van der Waals surface area contributed by atoms with E-state index in [2.05, 4.69) is 22.4 Å². The number of benzene rings is 2. The number of hydrogen-bond donors (Lipinski definition) is 1. The molecule has 4 rings (SSSR count). The Kier molecular flexibility index (Phi) is 7.94. The predicted molar refractivity (Wildman–Crippen MR) is 138 cm³/mol. The van der Waals surface area contributed by atoms with Crippen molar-refractivity contribution in [3.8, 4) is 5.75 Å². The fourth-order valence-electron chi connectivity index (χ4n) is 4.21. The minimum atomic E-state index is -0.189. The lowest BCUT2D eigenvalue weighted by Crippen LogP contribution is -2.44. The summed E-state index contributed by atoms with van der Waals surface area (Å²) < 4.78 is 10.9. The molecule has 0 unspecified atom stereocenters. The van der Waals surface area contributed by atoms with Crippen LogP contribution in [0.4, 0.5) is 10.8 Å². The molecule has 7 nitrogen and oxygen atoms in total. The number of carbonyl (C=O) groups is 2. The van der Waals surface area contributed by atoms with Crippen molar-refractivity contribution >= 4 is 40.0 Å². The van der Waals surface area contributed by atoms with Gasteiger partial charge in [0.05, 0.1) is 18.5 Å². The molecule has 182 valence electrons. The number of nitrogens with zero attached hydrogens (tertiary/aromatic N) is 2. The first-order valence-corrected chi connectivity index (χ1v) is 12.4. The van der Waals surface area contributed by atoms with E-state index in [4.69, 9.17) is 9.47 Å². The van der Waals surface area contributed by atoms with Crippen LogP contribution in [-0.4, -0.2) is 43.7 Å². The Bertz CT molecular complexity index is 1170. The molecule has 35 heavy (non-hydrogen) atoms. The first-order valence-electron chi connectivity index (χ1n) is 11.5. The zero-order valence-electron chi connectivity index (χ0n) is 19.9. The van der Waals surface area contributed by atoms with E-state index in [1.54, 1.807) is 18.1 Å². The van der Waals surface area contributed by atoms with Crippen LogP contribution >= 0.6 is 11.3 Å². The fourth-order valence-corrected chi connectivity index (χ4v) is 5.06. The highest BCUT2D eigenvalue weighted by atomic mass is 32.1. The van der Waals surface area contributed by atoms with Crippen LogP contribution in [0.25, 0.3) is 6.08 Å². The Morgan fingerprint density at radius 1 is 1.14 bits per heavy atom. The van der Waals surface area contributed by atoms with Gasteiger partial charge in [-0.2, -0.15) is 0 Å². The van der Waals surface area contributed by atoms with Gasteiger partial charge in [0.25, 0.3) is 0 Å².